The number of hydrogen-bond acceptors (Lipinski definition) is 6. The van der Waals surface area contributed by atoms with E-state index in [9.17, 15) is 9.90 Å². The van der Waals surface area contributed by atoms with Crippen molar-refractivity contribution >= 4 is 22.6 Å². The summed E-state index contributed by atoms with van der Waals surface area (Å²) >= 11 is 0. The predicted octanol–water partition coefficient (Wildman–Crippen LogP) is 2.40. The Morgan fingerprint density at radius 3 is 2.67 bits per heavy atom. The molecule has 0 spiro atoms. The van der Waals surface area contributed by atoms with E-state index in [1.165, 1.54) is 11.3 Å². The van der Waals surface area contributed by atoms with Gasteiger partial charge in [-0.25, -0.2) is 0 Å². The Labute approximate surface area is 175 Å². The quantitative estimate of drug-likeness (QED) is 0.623. The van der Waals surface area contributed by atoms with Crippen LogP contribution < -0.4 is 15.4 Å². The van der Waals surface area contributed by atoms with Crippen molar-refractivity contribution < 1.29 is 19.1 Å². The second-order valence-electron chi connectivity index (χ2n) is 7.71. The van der Waals surface area contributed by atoms with Crippen LogP contribution in [0.5, 0.6) is 5.75 Å². The summed E-state index contributed by atoms with van der Waals surface area (Å²) < 4.78 is 11.2. The Morgan fingerprint density at radius 1 is 1.17 bits per heavy atom. The summed E-state index contributed by atoms with van der Waals surface area (Å²) in [6, 6.07) is 15.3. The number of aryl methyl sites for hydroxylation is 1. The fourth-order valence-corrected chi connectivity index (χ4v) is 3.86. The third-order valence-corrected chi connectivity index (χ3v) is 5.47. The number of ether oxygens (including phenoxy) is 1. The van der Waals surface area contributed by atoms with Gasteiger partial charge in [0.25, 0.3) is 5.91 Å². The van der Waals surface area contributed by atoms with E-state index in [1.54, 1.807) is 24.3 Å². The highest BCUT2D eigenvalue weighted by Gasteiger charge is 2.20. The van der Waals surface area contributed by atoms with Gasteiger partial charge in [-0.2, -0.15) is 0 Å². The van der Waals surface area contributed by atoms with Crippen LogP contribution in [0.1, 0.15) is 16.1 Å². The fourth-order valence-electron chi connectivity index (χ4n) is 3.86. The zero-order chi connectivity index (χ0) is 21.1. The fraction of sp³-hybridized carbons (Fsp3) is 0.348. The number of furan rings is 1. The average molecular weight is 409 g/mol. The minimum atomic E-state index is -0.605. The van der Waals surface area contributed by atoms with Crippen LogP contribution in [0.2, 0.25) is 0 Å². The SMILES string of the molecule is Cc1ccccc1N1CCN(CC(O)COc2ccc3cc(C(N)=O)oc3c2)CC1. The monoisotopic (exact) mass is 409 g/mol. The van der Waals surface area contributed by atoms with Gasteiger partial charge in [-0.15, -0.1) is 0 Å². The lowest BCUT2D eigenvalue weighted by atomic mass is 10.1. The Bertz CT molecular complexity index is 1020. The molecule has 1 aliphatic heterocycles. The number of benzene rings is 2. The molecular weight excluding hydrogens is 382 g/mol. The zero-order valence-corrected chi connectivity index (χ0v) is 17.1. The summed E-state index contributed by atoms with van der Waals surface area (Å²) in [7, 11) is 0. The molecule has 7 heteroatoms. The molecule has 158 valence electrons. The van der Waals surface area contributed by atoms with E-state index in [4.69, 9.17) is 14.9 Å². The molecule has 7 nitrogen and oxygen atoms in total. The molecule has 3 aromatic rings. The van der Waals surface area contributed by atoms with Crippen molar-refractivity contribution in [1.82, 2.24) is 4.90 Å². The Hall–Kier alpha value is -3.03. The minimum Gasteiger partial charge on any atom is -0.491 e. The lowest BCUT2D eigenvalue weighted by Crippen LogP contribution is -2.49. The summed E-state index contributed by atoms with van der Waals surface area (Å²) in [5.74, 6) is 0.0925. The van der Waals surface area contributed by atoms with E-state index in [1.807, 2.05) is 0 Å². The number of para-hydroxylation sites is 1. The largest absolute Gasteiger partial charge is 0.491 e. The third-order valence-electron chi connectivity index (χ3n) is 5.47. The number of β-amino-alcohol motifs (C(OH)–C–C–N with tert-alkyl or cyclic N) is 1. The molecule has 1 unspecified atom stereocenters. The van der Waals surface area contributed by atoms with Crippen molar-refractivity contribution in [3.63, 3.8) is 0 Å². The Kier molecular flexibility index (Phi) is 5.92. The maximum Gasteiger partial charge on any atom is 0.284 e. The number of primary amides is 1. The second-order valence-corrected chi connectivity index (χ2v) is 7.71. The number of anilines is 1. The van der Waals surface area contributed by atoms with Crippen LogP contribution >= 0.6 is 0 Å². The van der Waals surface area contributed by atoms with Crippen molar-refractivity contribution in [1.29, 1.82) is 0 Å². The van der Waals surface area contributed by atoms with E-state index >= 15 is 0 Å². The lowest BCUT2D eigenvalue weighted by Gasteiger charge is -2.37. The summed E-state index contributed by atoms with van der Waals surface area (Å²) in [5.41, 5.74) is 8.35. The topological polar surface area (TPSA) is 92.2 Å². The van der Waals surface area contributed by atoms with Crippen molar-refractivity contribution in [2.24, 2.45) is 5.73 Å². The van der Waals surface area contributed by atoms with Crippen LogP contribution in [0.4, 0.5) is 5.69 Å². The highest BCUT2D eigenvalue weighted by molar-refractivity contribution is 5.95. The Morgan fingerprint density at radius 2 is 1.93 bits per heavy atom. The molecule has 1 saturated heterocycles. The molecule has 2 heterocycles. The van der Waals surface area contributed by atoms with Crippen LogP contribution in [0.3, 0.4) is 0 Å². The van der Waals surface area contributed by atoms with Gasteiger partial charge < -0.3 is 24.9 Å². The van der Waals surface area contributed by atoms with E-state index in [2.05, 4.69) is 41.0 Å². The van der Waals surface area contributed by atoms with Crippen LogP contribution in [0.15, 0.2) is 52.9 Å². The molecule has 2 aromatic carbocycles. The number of fused-ring (bicyclic) bond motifs is 1. The number of aliphatic hydroxyl groups is 1. The normalized spacial score (nSPS) is 16.0. The van der Waals surface area contributed by atoms with E-state index in [-0.39, 0.29) is 12.4 Å². The molecule has 1 fully saturated rings. The van der Waals surface area contributed by atoms with Gasteiger partial charge in [0.15, 0.2) is 5.76 Å². The molecule has 1 amide bonds. The number of nitrogens with two attached hydrogens (primary N) is 1. The summed E-state index contributed by atoms with van der Waals surface area (Å²) in [5, 5.41) is 11.2. The van der Waals surface area contributed by atoms with E-state index in [0.29, 0.717) is 17.9 Å². The van der Waals surface area contributed by atoms with Gasteiger partial charge in [0, 0.05) is 49.9 Å². The van der Waals surface area contributed by atoms with Gasteiger partial charge in [0.1, 0.15) is 24.0 Å². The first kappa shape index (κ1) is 20.3. The molecule has 0 radical (unpaired) electrons. The van der Waals surface area contributed by atoms with Crippen molar-refractivity contribution in [3.05, 3.63) is 59.9 Å². The van der Waals surface area contributed by atoms with E-state index in [0.717, 1.165) is 31.6 Å². The molecule has 1 atom stereocenters. The number of hydrogen-bond donors (Lipinski definition) is 2. The van der Waals surface area contributed by atoms with Crippen LogP contribution in [0.25, 0.3) is 11.0 Å². The predicted molar refractivity (Wildman–Crippen MR) is 116 cm³/mol. The molecule has 1 aliphatic rings. The molecule has 3 N–H and O–H groups in total. The lowest BCUT2D eigenvalue weighted by molar-refractivity contribution is 0.0663. The molecule has 0 saturated carbocycles. The summed E-state index contributed by atoms with van der Waals surface area (Å²) in [4.78, 5) is 15.9. The van der Waals surface area contributed by atoms with Crippen molar-refractivity contribution in [3.8, 4) is 5.75 Å². The molecule has 0 bridgehead atoms. The average Bonchev–Trinajstić information content (AvgIpc) is 3.17. The minimum absolute atomic E-state index is 0.118. The maximum absolute atomic E-state index is 11.2. The first-order chi connectivity index (χ1) is 14.5. The highest BCUT2D eigenvalue weighted by atomic mass is 16.5. The number of piperazine rings is 1. The van der Waals surface area contributed by atoms with Gasteiger partial charge in [-0.1, -0.05) is 18.2 Å². The smallest absolute Gasteiger partial charge is 0.284 e. The molecule has 30 heavy (non-hydrogen) atoms. The van der Waals surface area contributed by atoms with Gasteiger partial charge >= 0.3 is 0 Å². The van der Waals surface area contributed by atoms with Crippen LogP contribution in [-0.4, -0.2) is 61.3 Å². The Balaban J connectivity index is 1.26. The number of carbonyl (C=O) groups excluding carboxylic acids is 1. The molecular formula is C23H27N3O4. The van der Waals surface area contributed by atoms with Crippen molar-refractivity contribution in [2.45, 2.75) is 13.0 Å². The number of carbonyl (C=O) groups is 1. The van der Waals surface area contributed by atoms with Crippen LogP contribution in [0, 0.1) is 6.92 Å². The molecule has 4 rings (SSSR count). The van der Waals surface area contributed by atoms with Gasteiger partial charge in [-0.3, -0.25) is 9.69 Å². The molecule has 0 aliphatic carbocycles. The van der Waals surface area contributed by atoms with Gasteiger partial charge in [0.2, 0.25) is 0 Å². The summed E-state index contributed by atoms with van der Waals surface area (Å²) in [6.07, 6.45) is -0.594. The van der Waals surface area contributed by atoms with Gasteiger partial charge in [-0.05, 0) is 36.8 Å². The first-order valence-electron chi connectivity index (χ1n) is 10.2. The molecule has 1 aromatic heterocycles. The number of aliphatic hydroxyl groups excluding tert-OH is 1. The number of amides is 1. The second kappa shape index (κ2) is 8.77. The zero-order valence-electron chi connectivity index (χ0n) is 17.1. The first-order valence-corrected chi connectivity index (χ1v) is 10.2. The van der Waals surface area contributed by atoms with Crippen molar-refractivity contribution in [2.75, 3.05) is 44.2 Å². The third kappa shape index (κ3) is 4.58. The number of rotatable bonds is 7. The summed E-state index contributed by atoms with van der Waals surface area (Å²) in [6.45, 7) is 6.58. The van der Waals surface area contributed by atoms with E-state index < -0.39 is 12.0 Å². The standard InChI is InChI=1S/C23H27N3O4/c1-16-4-2-3-5-20(16)26-10-8-25(9-11-26)14-18(27)15-29-19-7-6-17-12-22(23(24)28)30-21(17)13-19/h2-7,12-13,18,27H,8-11,14-15H2,1H3,(H2,24,28). The number of nitrogens with zero attached hydrogens (tertiary/aromatic N) is 2. The highest BCUT2D eigenvalue weighted by Crippen LogP contribution is 2.24. The van der Waals surface area contributed by atoms with Gasteiger partial charge in [0.05, 0.1) is 0 Å². The maximum atomic E-state index is 11.2. The van der Waals surface area contributed by atoms with Crippen LogP contribution in [-0.2, 0) is 0 Å².